The molecule has 0 bridgehead atoms. The highest BCUT2D eigenvalue weighted by atomic mass is 16.2. The van der Waals surface area contributed by atoms with Gasteiger partial charge in [-0.25, -0.2) is 0 Å². The van der Waals surface area contributed by atoms with Crippen LogP contribution in [0.15, 0.2) is 24.3 Å². The van der Waals surface area contributed by atoms with Crippen molar-refractivity contribution < 1.29 is 4.79 Å². The van der Waals surface area contributed by atoms with Gasteiger partial charge in [0.15, 0.2) is 0 Å². The Balaban J connectivity index is 2.66. The van der Waals surface area contributed by atoms with E-state index >= 15 is 0 Å². The van der Waals surface area contributed by atoms with Gasteiger partial charge in [0.05, 0.1) is 6.54 Å². The van der Waals surface area contributed by atoms with Crippen molar-refractivity contribution in [2.45, 2.75) is 26.3 Å². The first-order valence-electron chi connectivity index (χ1n) is 6.82. The van der Waals surface area contributed by atoms with E-state index in [1.807, 2.05) is 24.9 Å². The van der Waals surface area contributed by atoms with E-state index in [9.17, 15) is 4.79 Å². The Morgan fingerprint density at radius 3 is 2.79 bits per heavy atom. The third-order valence-corrected chi connectivity index (χ3v) is 3.15. The molecule has 0 heterocycles. The van der Waals surface area contributed by atoms with Gasteiger partial charge in [-0.05, 0) is 26.0 Å². The normalized spacial score (nSPS) is 12.5. The van der Waals surface area contributed by atoms with Gasteiger partial charge in [0.2, 0.25) is 5.91 Å². The molecule has 0 aliphatic heterocycles. The summed E-state index contributed by atoms with van der Waals surface area (Å²) in [7, 11) is 1.94. The molecule has 4 heteroatoms. The second-order valence-corrected chi connectivity index (χ2v) is 4.93. The van der Waals surface area contributed by atoms with Gasteiger partial charge in [0, 0.05) is 19.1 Å². The fourth-order valence-electron chi connectivity index (χ4n) is 2.10. The summed E-state index contributed by atoms with van der Waals surface area (Å²) < 4.78 is 0. The number of likely N-dealkylation sites (N-methyl/N-ethyl adjacent to an activating group) is 1. The highest BCUT2D eigenvalue weighted by molar-refractivity contribution is 5.78. The Bertz CT molecular complexity index is 406. The lowest BCUT2D eigenvalue weighted by atomic mass is 10.0. The van der Waals surface area contributed by atoms with E-state index in [0.29, 0.717) is 13.1 Å². The molecule has 1 unspecified atom stereocenters. The highest BCUT2D eigenvalue weighted by Crippen LogP contribution is 2.18. The summed E-state index contributed by atoms with van der Waals surface area (Å²) in [6, 6.07) is 8.35. The Kier molecular flexibility index (Phi) is 6.53. The topological polar surface area (TPSA) is 58.4 Å². The van der Waals surface area contributed by atoms with Crippen LogP contribution >= 0.6 is 0 Å². The van der Waals surface area contributed by atoms with Crippen molar-refractivity contribution in [3.63, 3.8) is 0 Å². The van der Waals surface area contributed by atoms with Crippen LogP contribution in [-0.2, 0) is 4.79 Å². The minimum Gasteiger partial charge on any atom is -0.355 e. The van der Waals surface area contributed by atoms with Gasteiger partial charge in [-0.2, -0.15) is 0 Å². The molecular formula is C15H25N3O. The average molecular weight is 263 g/mol. The molecule has 1 atom stereocenters. The van der Waals surface area contributed by atoms with Crippen molar-refractivity contribution in [1.29, 1.82) is 0 Å². The molecule has 0 aromatic heterocycles. The number of hydrogen-bond acceptors (Lipinski definition) is 3. The number of aryl methyl sites for hydroxylation is 1. The SMILES string of the molecule is CCCNC(=O)CN(C)C(CN)c1cccc(C)c1. The quantitative estimate of drug-likeness (QED) is 0.783. The third kappa shape index (κ3) is 5.01. The lowest BCUT2D eigenvalue weighted by Crippen LogP contribution is -2.39. The van der Waals surface area contributed by atoms with Gasteiger partial charge in [-0.1, -0.05) is 36.8 Å². The van der Waals surface area contributed by atoms with Gasteiger partial charge in [0.1, 0.15) is 0 Å². The fraction of sp³-hybridized carbons (Fsp3) is 0.533. The number of amides is 1. The Hall–Kier alpha value is -1.39. The first-order chi connectivity index (χ1) is 9.08. The summed E-state index contributed by atoms with van der Waals surface area (Å²) in [5.74, 6) is 0.0513. The van der Waals surface area contributed by atoms with Crippen molar-refractivity contribution in [2.24, 2.45) is 5.73 Å². The monoisotopic (exact) mass is 263 g/mol. The van der Waals surface area contributed by atoms with E-state index in [2.05, 4.69) is 30.4 Å². The average Bonchev–Trinajstić information content (AvgIpc) is 2.37. The van der Waals surface area contributed by atoms with Gasteiger partial charge < -0.3 is 11.1 Å². The van der Waals surface area contributed by atoms with Crippen LogP contribution < -0.4 is 11.1 Å². The number of carbonyl (C=O) groups excluding carboxylic acids is 1. The molecule has 0 saturated carbocycles. The minimum absolute atomic E-state index is 0.0513. The molecule has 19 heavy (non-hydrogen) atoms. The molecule has 4 nitrogen and oxygen atoms in total. The molecule has 1 amide bonds. The standard InChI is InChI=1S/C15H25N3O/c1-4-8-17-15(19)11-18(3)14(10-16)13-7-5-6-12(2)9-13/h5-7,9,14H,4,8,10-11,16H2,1-3H3,(H,17,19). The number of carbonyl (C=O) groups is 1. The van der Waals surface area contributed by atoms with Crippen molar-refractivity contribution in [3.8, 4) is 0 Å². The molecule has 1 aromatic carbocycles. The molecule has 0 fully saturated rings. The van der Waals surface area contributed by atoms with Gasteiger partial charge >= 0.3 is 0 Å². The zero-order chi connectivity index (χ0) is 14.3. The van der Waals surface area contributed by atoms with Gasteiger partial charge in [0.25, 0.3) is 0 Å². The Morgan fingerprint density at radius 1 is 1.47 bits per heavy atom. The van der Waals surface area contributed by atoms with Crippen LogP contribution in [0.5, 0.6) is 0 Å². The fourth-order valence-corrected chi connectivity index (χ4v) is 2.10. The number of rotatable bonds is 7. The zero-order valence-corrected chi connectivity index (χ0v) is 12.1. The van der Waals surface area contributed by atoms with E-state index in [1.54, 1.807) is 0 Å². The highest BCUT2D eigenvalue weighted by Gasteiger charge is 2.17. The van der Waals surface area contributed by atoms with Crippen LogP contribution in [0, 0.1) is 6.92 Å². The number of nitrogens with one attached hydrogen (secondary N) is 1. The molecule has 106 valence electrons. The molecule has 0 saturated heterocycles. The smallest absolute Gasteiger partial charge is 0.234 e. The molecule has 0 spiro atoms. The van der Waals surface area contributed by atoms with Crippen LogP contribution in [0.2, 0.25) is 0 Å². The summed E-state index contributed by atoms with van der Waals surface area (Å²) in [5, 5.41) is 2.88. The predicted molar refractivity (Wildman–Crippen MR) is 78.9 cm³/mol. The minimum atomic E-state index is 0.0513. The van der Waals surface area contributed by atoms with E-state index in [1.165, 1.54) is 5.56 Å². The molecular weight excluding hydrogens is 238 g/mol. The molecule has 0 radical (unpaired) electrons. The van der Waals surface area contributed by atoms with Crippen LogP contribution in [-0.4, -0.2) is 37.5 Å². The van der Waals surface area contributed by atoms with Crippen LogP contribution in [0.3, 0.4) is 0 Å². The molecule has 0 aliphatic rings. The summed E-state index contributed by atoms with van der Waals surface area (Å²) in [6.45, 7) is 5.70. The van der Waals surface area contributed by atoms with E-state index in [-0.39, 0.29) is 11.9 Å². The summed E-state index contributed by atoms with van der Waals surface area (Å²) in [6.07, 6.45) is 0.952. The Morgan fingerprint density at radius 2 is 2.21 bits per heavy atom. The number of benzene rings is 1. The van der Waals surface area contributed by atoms with Crippen LogP contribution in [0.4, 0.5) is 0 Å². The van der Waals surface area contributed by atoms with Crippen LogP contribution in [0.1, 0.15) is 30.5 Å². The predicted octanol–water partition coefficient (Wildman–Crippen LogP) is 1.45. The maximum atomic E-state index is 11.7. The molecule has 1 rings (SSSR count). The molecule has 0 aliphatic carbocycles. The second kappa shape index (κ2) is 7.92. The van der Waals surface area contributed by atoms with Crippen LogP contribution in [0.25, 0.3) is 0 Å². The third-order valence-electron chi connectivity index (χ3n) is 3.15. The van der Waals surface area contributed by atoms with Gasteiger partial charge in [-0.3, -0.25) is 9.69 Å². The first kappa shape index (κ1) is 15.7. The maximum Gasteiger partial charge on any atom is 0.234 e. The van der Waals surface area contributed by atoms with Crippen molar-refractivity contribution in [2.75, 3.05) is 26.7 Å². The Labute approximate surface area is 116 Å². The lowest BCUT2D eigenvalue weighted by molar-refractivity contribution is -0.122. The van der Waals surface area contributed by atoms with Crippen molar-refractivity contribution in [3.05, 3.63) is 35.4 Å². The zero-order valence-electron chi connectivity index (χ0n) is 12.1. The van der Waals surface area contributed by atoms with Crippen molar-refractivity contribution in [1.82, 2.24) is 10.2 Å². The number of nitrogens with two attached hydrogens (primary N) is 1. The number of hydrogen-bond donors (Lipinski definition) is 2. The van der Waals surface area contributed by atoms with E-state index in [4.69, 9.17) is 5.73 Å². The largest absolute Gasteiger partial charge is 0.355 e. The lowest BCUT2D eigenvalue weighted by Gasteiger charge is -2.27. The summed E-state index contributed by atoms with van der Waals surface area (Å²) >= 11 is 0. The van der Waals surface area contributed by atoms with E-state index < -0.39 is 0 Å². The van der Waals surface area contributed by atoms with Crippen molar-refractivity contribution >= 4 is 5.91 Å². The van der Waals surface area contributed by atoms with E-state index in [0.717, 1.165) is 18.5 Å². The summed E-state index contributed by atoms with van der Waals surface area (Å²) in [5.41, 5.74) is 8.23. The first-order valence-corrected chi connectivity index (χ1v) is 6.82. The summed E-state index contributed by atoms with van der Waals surface area (Å²) in [4.78, 5) is 13.7. The van der Waals surface area contributed by atoms with Gasteiger partial charge in [-0.15, -0.1) is 0 Å². The number of nitrogens with zero attached hydrogens (tertiary/aromatic N) is 1. The second-order valence-electron chi connectivity index (χ2n) is 4.93. The molecule has 3 N–H and O–H groups in total. The maximum absolute atomic E-state index is 11.7. The molecule has 1 aromatic rings.